The normalized spacial score (nSPS) is 17.4. The van der Waals surface area contributed by atoms with Crippen molar-refractivity contribution >= 4 is 0 Å². The van der Waals surface area contributed by atoms with E-state index >= 15 is 0 Å². The summed E-state index contributed by atoms with van der Waals surface area (Å²) in [7, 11) is 0. The number of hydrogen-bond acceptors (Lipinski definition) is 0. The molecule has 29 heavy (non-hydrogen) atoms. The molecule has 1 atom stereocenters. The van der Waals surface area contributed by atoms with Gasteiger partial charge in [-0.05, 0) is 0 Å². The summed E-state index contributed by atoms with van der Waals surface area (Å²) in [6, 6.07) is 32.8. The Labute approximate surface area is 204 Å². The van der Waals surface area contributed by atoms with Gasteiger partial charge in [-0.15, -0.1) is 0 Å². The minimum atomic E-state index is -0.287. The molecule has 0 aromatic heterocycles. The topological polar surface area (TPSA) is 0 Å². The Balaban J connectivity index is 0.00000140. The molecule has 0 heterocycles. The van der Waals surface area contributed by atoms with Crippen molar-refractivity contribution in [1.29, 1.82) is 0 Å². The van der Waals surface area contributed by atoms with Crippen LogP contribution >= 0.6 is 0 Å². The molecule has 3 aromatic rings. The van der Waals surface area contributed by atoms with E-state index in [0.29, 0.717) is 0 Å². The quantitative estimate of drug-likeness (QED) is 0.284. The summed E-state index contributed by atoms with van der Waals surface area (Å²) in [5, 5.41) is 0. The molecule has 0 bridgehead atoms. The maximum absolute atomic E-state index is 2.37. The van der Waals surface area contributed by atoms with Crippen molar-refractivity contribution in [3.05, 3.63) is 131 Å². The van der Waals surface area contributed by atoms with Crippen molar-refractivity contribution in [3.63, 3.8) is 0 Å². The fourth-order valence-electron chi connectivity index (χ4n) is 4.27. The SMILES string of the molecule is CC1=CC=C[C]1([Ti+3])C(c1ccccc1)(c1ccccc1)c1ccccc1.[Cl-].[Cl-].[Cl-]. The summed E-state index contributed by atoms with van der Waals surface area (Å²) < 4.78 is -0.142. The Morgan fingerprint density at radius 2 is 0.966 bits per heavy atom. The second kappa shape index (κ2) is 10.7. The van der Waals surface area contributed by atoms with Gasteiger partial charge >= 0.3 is 168 Å². The van der Waals surface area contributed by atoms with Crippen molar-refractivity contribution in [2.45, 2.75) is 16.1 Å². The molecule has 0 aliphatic heterocycles. The van der Waals surface area contributed by atoms with Crippen LogP contribution in [0.15, 0.2) is 115 Å². The van der Waals surface area contributed by atoms with Crippen LogP contribution in [0.5, 0.6) is 0 Å². The monoisotopic (exact) mass is 474 g/mol. The molecule has 3 aromatic carbocycles. The van der Waals surface area contributed by atoms with Gasteiger partial charge in [0.25, 0.3) is 0 Å². The predicted molar refractivity (Wildman–Crippen MR) is 105 cm³/mol. The summed E-state index contributed by atoms with van der Waals surface area (Å²) in [5.74, 6) is 0. The number of allylic oxidation sites excluding steroid dienone is 4. The molecule has 0 spiro atoms. The molecule has 0 nitrogen and oxygen atoms in total. The third kappa shape index (κ3) is 4.15. The molecule has 0 radical (unpaired) electrons. The summed E-state index contributed by atoms with van der Waals surface area (Å²) in [6.07, 6.45) is 6.83. The Bertz CT molecular complexity index is 856. The van der Waals surface area contributed by atoms with E-state index in [1.54, 1.807) is 0 Å². The molecular formula is C25H21Cl3Ti. The Morgan fingerprint density at radius 1 is 0.621 bits per heavy atom. The number of halogens is 3. The van der Waals surface area contributed by atoms with Crippen LogP contribution in [0.1, 0.15) is 23.6 Å². The first kappa shape index (κ1) is 25.8. The first-order chi connectivity index (χ1) is 12.7. The van der Waals surface area contributed by atoms with Crippen LogP contribution in [0.25, 0.3) is 0 Å². The molecule has 1 aliphatic carbocycles. The van der Waals surface area contributed by atoms with E-state index in [1.807, 2.05) is 0 Å². The van der Waals surface area contributed by atoms with Crippen LogP contribution in [0.2, 0.25) is 3.72 Å². The van der Waals surface area contributed by atoms with Crippen LogP contribution in [0.4, 0.5) is 0 Å². The molecular weight excluding hydrogens is 455 g/mol. The zero-order chi connectivity index (χ0) is 18.0. The van der Waals surface area contributed by atoms with Gasteiger partial charge in [-0.2, -0.15) is 0 Å². The smallest absolute Gasteiger partial charge is 1.00 e. The third-order valence-electron chi connectivity index (χ3n) is 5.53. The summed E-state index contributed by atoms with van der Waals surface area (Å²) in [6.45, 7) is 2.25. The molecule has 0 saturated heterocycles. The first-order valence-corrected chi connectivity index (χ1v) is 9.76. The van der Waals surface area contributed by atoms with Crippen molar-refractivity contribution in [2.24, 2.45) is 0 Å². The molecule has 1 aliphatic rings. The Hall–Kier alpha value is -1.28. The maximum atomic E-state index is 2.37. The maximum Gasteiger partial charge on any atom is -1.00 e. The molecule has 1 unspecified atom stereocenters. The zero-order valence-corrected chi connectivity index (χ0v) is 19.9. The van der Waals surface area contributed by atoms with E-state index in [2.05, 4.69) is 137 Å². The molecule has 4 rings (SSSR count). The van der Waals surface area contributed by atoms with Gasteiger partial charge in [-0.1, -0.05) is 0 Å². The van der Waals surface area contributed by atoms with Gasteiger partial charge in [0.1, 0.15) is 0 Å². The van der Waals surface area contributed by atoms with Crippen molar-refractivity contribution < 1.29 is 57.7 Å². The molecule has 4 heteroatoms. The van der Waals surface area contributed by atoms with Gasteiger partial charge in [0.15, 0.2) is 0 Å². The zero-order valence-electron chi connectivity index (χ0n) is 16.0. The predicted octanol–water partition coefficient (Wildman–Crippen LogP) is -2.75. The first-order valence-electron chi connectivity index (χ1n) is 8.98. The van der Waals surface area contributed by atoms with Crippen molar-refractivity contribution in [3.8, 4) is 0 Å². The minimum absolute atomic E-state index is 0. The average Bonchev–Trinajstić information content (AvgIpc) is 3.04. The van der Waals surface area contributed by atoms with Crippen molar-refractivity contribution in [1.82, 2.24) is 0 Å². The molecule has 0 N–H and O–H groups in total. The van der Waals surface area contributed by atoms with E-state index in [4.69, 9.17) is 0 Å². The summed E-state index contributed by atoms with van der Waals surface area (Å²) in [5.41, 5.74) is 5.05. The molecule has 0 saturated carbocycles. The molecule has 0 fully saturated rings. The third-order valence-corrected chi connectivity index (χ3v) is 6.99. The number of benzene rings is 3. The fraction of sp³-hybridized carbons (Fsp3) is 0.120. The van der Waals surface area contributed by atoms with Crippen LogP contribution in [-0.2, 0) is 25.9 Å². The number of hydrogen-bond donors (Lipinski definition) is 0. The summed E-state index contributed by atoms with van der Waals surface area (Å²) in [4.78, 5) is 0. The van der Waals surface area contributed by atoms with Gasteiger partial charge in [-0.3, -0.25) is 0 Å². The van der Waals surface area contributed by atoms with E-state index < -0.39 is 0 Å². The minimum Gasteiger partial charge on any atom is -1.00 e. The van der Waals surface area contributed by atoms with Gasteiger partial charge in [0.05, 0.1) is 0 Å². The Morgan fingerprint density at radius 3 is 1.24 bits per heavy atom. The van der Waals surface area contributed by atoms with Crippen LogP contribution < -0.4 is 37.2 Å². The molecule has 146 valence electrons. The standard InChI is InChI=1S/C25H21.3ClH.Ti/c1-20-12-11-19-24(20)25(21-13-5-2-6-14-21,22-15-7-3-8-16-22)23-17-9-4-10-18-23;;;;/h2-19H,1H3;3*1H;/q;;;;+3/p-3. The van der Waals surface area contributed by atoms with Gasteiger partial charge in [0.2, 0.25) is 0 Å². The van der Waals surface area contributed by atoms with Crippen LogP contribution in [-0.4, -0.2) is 0 Å². The van der Waals surface area contributed by atoms with E-state index in [1.165, 1.54) is 22.3 Å². The number of rotatable bonds is 4. The Kier molecular flexibility index (Phi) is 9.47. The fourth-order valence-corrected chi connectivity index (χ4v) is 5.22. The van der Waals surface area contributed by atoms with E-state index in [0.717, 1.165) is 0 Å². The second-order valence-electron chi connectivity index (χ2n) is 6.86. The van der Waals surface area contributed by atoms with E-state index in [-0.39, 0.29) is 46.4 Å². The largest absolute Gasteiger partial charge is 1.00 e. The van der Waals surface area contributed by atoms with Crippen molar-refractivity contribution in [2.75, 3.05) is 0 Å². The molecule has 0 amide bonds. The van der Waals surface area contributed by atoms with Gasteiger partial charge < -0.3 is 37.2 Å². The second-order valence-corrected chi connectivity index (χ2v) is 8.10. The van der Waals surface area contributed by atoms with E-state index in [9.17, 15) is 0 Å². The van der Waals surface area contributed by atoms with Crippen LogP contribution in [0, 0.1) is 0 Å². The average molecular weight is 476 g/mol. The summed E-state index contributed by atoms with van der Waals surface area (Å²) >= 11 is 2.37. The van der Waals surface area contributed by atoms with Crippen LogP contribution in [0.3, 0.4) is 0 Å². The van der Waals surface area contributed by atoms with Gasteiger partial charge in [-0.25, -0.2) is 0 Å². The van der Waals surface area contributed by atoms with Gasteiger partial charge in [0, 0.05) is 0 Å².